The van der Waals surface area contributed by atoms with Crippen molar-refractivity contribution < 1.29 is 9.47 Å². The van der Waals surface area contributed by atoms with Gasteiger partial charge in [-0.05, 0) is 49.8 Å². The lowest BCUT2D eigenvalue weighted by Gasteiger charge is -2.36. The molecule has 1 aliphatic carbocycles. The molecule has 2 heterocycles. The van der Waals surface area contributed by atoms with Gasteiger partial charge in [-0.25, -0.2) is 0 Å². The number of hydrogen-bond donors (Lipinski definition) is 0. The van der Waals surface area contributed by atoms with Gasteiger partial charge in [0.2, 0.25) is 0 Å². The molecule has 158 valence electrons. The molecule has 1 saturated heterocycles. The van der Waals surface area contributed by atoms with Crippen LogP contribution < -0.4 is 14.4 Å². The summed E-state index contributed by atoms with van der Waals surface area (Å²) in [6.07, 6.45) is 8.44. The first-order valence-corrected chi connectivity index (χ1v) is 11.6. The van der Waals surface area contributed by atoms with Crippen LogP contribution in [0.1, 0.15) is 41.5 Å². The van der Waals surface area contributed by atoms with Gasteiger partial charge in [-0.15, -0.1) is 0 Å². The summed E-state index contributed by atoms with van der Waals surface area (Å²) in [6, 6.07) is 13.7. The van der Waals surface area contributed by atoms with Crippen LogP contribution in [0.2, 0.25) is 0 Å². The van der Waals surface area contributed by atoms with Crippen LogP contribution in [0.3, 0.4) is 0 Å². The van der Waals surface area contributed by atoms with Crippen molar-refractivity contribution in [1.29, 1.82) is 0 Å². The van der Waals surface area contributed by atoms with Gasteiger partial charge in [0.15, 0.2) is 0 Å². The summed E-state index contributed by atoms with van der Waals surface area (Å²) in [5.41, 5.74) is 6.71. The number of methoxy groups -OCH3 is 1. The topological polar surface area (TPSA) is 24.9 Å². The van der Waals surface area contributed by atoms with Crippen molar-refractivity contribution >= 4 is 5.69 Å². The van der Waals surface area contributed by atoms with Crippen LogP contribution in [-0.4, -0.2) is 51.3 Å². The Labute approximate surface area is 180 Å². The van der Waals surface area contributed by atoms with Gasteiger partial charge in [-0.1, -0.05) is 18.6 Å². The molecule has 30 heavy (non-hydrogen) atoms. The molecule has 2 aromatic rings. The van der Waals surface area contributed by atoms with Crippen LogP contribution >= 0.6 is 0 Å². The summed E-state index contributed by atoms with van der Waals surface area (Å²) in [5, 5.41) is 0. The number of nitrogens with zero attached hydrogens (tertiary/aromatic N) is 2. The molecule has 3 aliphatic rings. The van der Waals surface area contributed by atoms with E-state index < -0.39 is 0 Å². The first kappa shape index (κ1) is 19.6. The molecular formula is C26H32N2O2. The molecule has 0 atom stereocenters. The smallest absolute Gasteiger partial charge is 0.142 e. The predicted octanol–water partition coefficient (Wildman–Crippen LogP) is 3.86. The second-order valence-electron chi connectivity index (χ2n) is 8.79. The highest BCUT2D eigenvalue weighted by molar-refractivity contribution is 5.65. The number of benzene rings is 1. The maximum atomic E-state index is 5.79. The molecule has 0 radical (unpaired) electrons. The second-order valence-corrected chi connectivity index (χ2v) is 8.79. The quantitative estimate of drug-likeness (QED) is 0.707. The van der Waals surface area contributed by atoms with Crippen LogP contribution in [0.5, 0.6) is 11.5 Å². The lowest BCUT2D eigenvalue weighted by atomic mass is 10.0. The Hall–Kier alpha value is -2.38. The minimum Gasteiger partial charge on any atom is -0.495 e. The van der Waals surface area contributed by atoms with E-state index in [0.717, 1.165) is 63.7 Å². The fourth-order valence-corrected chi connectivity index (χ4v) is 5.04. The molecule has 0 aromatic heterocycles. The maximum absolute atomic E-state index is 5.79. The van der Waals surface area contributed by atoms with Crippen LogP contribution in [0, 0.1) is 12.1 Å². The van der Waals surface area contributed by atoms with Crippen molar-refractivity contribution in [3.63, 3.8) is 0 Å². The van der Waals surface area contributed by atoms with Gasteiger partial charge < -0.3 is 14.4 Å². The Kier molecular flexibility index (Phi) is 5.73. The molecule has 0 saturated carbocycles. The Morgan fingerprint density at radius 2 is 1.80 bits per heavy atom. The average Bonchev–Trinajstić information content (AvgIpc) is 3.12. The third-order valence-electron chi connectivity index (χ3n) is 6.88. The minimum absolute atomic E-state index is 0.785. The van der Waals surface area contributed by atoms with Gasteiger partial charge in [-0.3, -0.25) is 4.90 Å². The molecule has 4 heteroatoms. The van der Waals surface area contributed by atoms with E-state index in [9.17, 15) is 0 Å². The van der Waals surface area contributed by atoms with Crippen molar-refractivity contribution in [1.82, 2.24) is 4.90 Å². The maximum Gasteiger partial charge on any atom is 0.142 e. The summed E-state index contributed by atoms with van der Waals surface area (Å²) in [7, 11) is 1.77. The SMILES string of the molecule is COc1cc2c(cc1N1CCN(CCc3c#cc4c(c3)CCCCC4)CC1)OCC2. The van der Waals surface area contributed by atoms with Gasteiger partial charge in [0.1, 0.15) is 11.5 Å². The van der Waals surface area contributed by atoms with Crippen molar-refractivity contribution in [2.24, 2.45) is 0 Å². The summed E-state index contributed by atoms with van der Waals surface area (Å²) in [6.45, 7) is 6.09. The Morgan fingerprint density at radius 1 is 0.933 bits per heavy atom. The standard InChI is InChI=1S/C26H32N2O2/c1-29-26-18-23-10-16-30-25(23)19-24(26)28-14-12-27(13-15-28)11-9-20-7-8-21-5-3-2-4-6-22(21)17-20/h17-19H,2-6,9-16H2,1H3. The number of rotatable bonds is 5. The average molecular weight is 405 g/mol. The summed E-state index contributed by atoms with van der Waals surface area (Å²) in [4.78, 5) is 5.02. The highest BCUT2D eigenvalue weighted by Crippen LogP contribution is 2.38. The summed E-state index contributed by atoms with van der Waals surface area (Å²) in [5.74, 6) is 2.01. The molecule has 5 rings (SSSR count). The number of fused-ring (bicyclic) bond motifs is 2. The monoisotopic (exact) mass is 404 g/mol. The van der Waals surface area contributed by atoms with Gasteiger partial charge in [0.25, 0.3) is 0 Å². The van der Waals surface area contributed by atoms with E-state index in [4.69, 9.17) is 9.47 Å². The van der Waals surface area contributed by atoms with E-state index >= 15 is 0 Å². The van der Waals surface area contributed by atoms with Crippen LogP contribution in [-0.2, 0) is 25.7 Å². The molecule has 0 N–H and O–H groups in total. The minimum atomic E-state index is 0.785. The number of ether oxygens (including phenoxy) is 2. The predicted molar refractivity (Wildman–Crippen MR) is 120 cm³/mol. The molecule has 1 fully saturated rings. The van der Waals surface area contributed by atoms with Gasteiger partial charge >= 0.3 is 0 Å². The molecule has 0 bridgehead atoms. The van der Waals surface area contributed by atoms with Crippen molar-refractivity contribution in [2.45, 2.75) is 44.9 Å². The van der Waals surface area contributed by atoms with Crippen molar-refractivity contribution in [2.75, 3.05) is 51.3 Å². The zero-order valence-corrected chi connectivity index (χ0v) is 18.1. The van der Waals surface area contributed by atoms with Crippen LogP contribution in [0.25, 0.3) is 0 Å². The molecule has 0 unspecified atom stereocenters. The zero-order chi connectivity index (χ0) is 20.3. The van der Waals surface area contributed by atoms with E-state index in [0.29, 0.717) is 0 Å². The normalized spacial score (nSPS) is 18.8. The van der Waals surface area contributed by atoms with Crippen molar-refractivity contribution in [3.05, 3.63) is 52.6 Å². The Morgan fingerprint density at radius 3 is 2.67 bits per heavy atom. The number of anilines is 1. The number of piperazine rings is 1. The lowest BCUT2D eigenvalue weighted by molar-refractivity contribution is 0.260. The molecule has 0 spiro atoms. The first-order valence-electron chi connectivity index (χ1n) is 11.6. The summed E-state index contributed by atoms with van der Waals surface area (Å²) >= 11 is 0. The molecule has 2 aromatic carbocycles. The van der Waals surface area contributed by atoms with Crippen LogP contribution in [0.15, 0.2) is 18.2 Å². The molecular weight excluding hydrogens is 372 g/mol. The molecule has 0 amide bonds. The number of hydrogen-bond acceptors (Lipinski definition) is 4. The van der Waals surface area contributed by atoms with Crippen molar-refractivity contribution in [3.8, 4) is 11.5 Å². The van der Waals surface area contributed by atoms with Gasteiger partial charge in [0.05, 0.1) is 19.4 Å². The first-order chi connectivity index (χ1) is 14.8. The fraction of sp³-hybridized carbons (Fsp3) is 0.538. The Bertz CT molecular complexity index is 887. The van der Waals surface area contributed by atoms with E-state index in [2.05, 4.69) is 40.1 Å². The third-order valence-corrected chi connectivity index (χ3v) is 6.88. The highest BCUT2D eigenvalue weighted by Gasteiger charge is 2.23. The Balaban J connectivity index is 1.18. The van der Waals surface area contributed by atoms with Gasteiger partial charge in [0, 0.05) is 61.9 Å². The van der Waals surface area contributed by atoms with E-state index in [1.54, 1.807) is 7.11 Å². The molecule has 2 aliphatic heterocycles. The fourth-order valence-electron chi connectivity index (χ4n) is 5.04. The van der Waals surface area contributed by atoms with Crippen LogP contribution in [0.4, 0.5) is 5.69 Å². The lowest BCUT2D eigenvalue weighted by Crippen LogP contribution is -2.47. The summed E-state index contributed by atoms with van der Waals surface area (Å²) < 4.78 is 11.5. The van der Waals surface area contributed by atoms with E-state index in [-0.39, 0.29) is 0 Å². The van der Waals surface area contributed by atoms with E-state index in [1.807, 2.05) is 0 Å². The molecule has 4 nitrogen and oxygen atoms in total. The second kappa shape index (κ2) is 8.78. The largest absolute Gasteiger partial charge is 0.495 e. The zero-order valence-electron chi connectivity index (χ0n) is 18.1. The third kappa shape index (κ3) is 4.09. The van der Waals surface area contributed by atoms with Gasteiger partial charge in [-0.2, -0.15) is 0 Å². The number of aryl methyl sites for hydroxylation is 1. The van der Waals surface area contributed by atoms with E-state index in [1.165, 1.54) is 60.0 Å². The highest BCUT2D eigenvalue weighted by atomic mass is 16.5.